The number of hydrogen-bond acceptors (Lipinski definition) is 5. The van der Waals surface area contributed by atoms with Crippen molar-refractivity contribution in [3.05, 3.63) is 62.4 Å². The molecule has 0 bridgehead atoms. The van der Waals surface area contributed by atoms with E-state index in [4.69, 9.17) is 5.26 Å². The van der Waals surface area contributed by atoms with Crippen LogP contribution in [0.1, 0.15) is 5.56 Å². The number of carbonyl (C=O) groups is 1. The van der Waals surface area contributed by atoms with Crippen LogP contribution >= 0.6 is 0 Å². The molecular weight excluding hydrogens is 300 g/mol. The third-order valence-corrected chi connectivity index (χ3v) is 3.23. The summed E-state index contributed by atoms with van der Waals surface area (Å²) in [7, 11) is 1.43. The molecule has 0 aliphatic heterocycles. The summed E-state index contributed by atoms with van der Waals surface area (Å²) in [6, 6.07) is 10.3. The fourth-order valence-electron chi connectivity index (χ4n) is 2.07. The van der Waals surface area contributed by atoms with Gasteiger partial charge in [-0.05, 0) is 12.1 Å². The van der Waals surface area contributed by atoms with Gasteiger partial charge in [0.05, 0.1) is 10.6 Å². The highest BCUT2D eigenvalue weighted by atomic mass is 16.6. The molecule has 0 radical (unpaired) electrons. The van der Waals surface area contributed by atoms with E-state index < -0.39 is 16.4 Å². The molecule has 1 heterocycles. The Labute approximate surface area is 130 Å². The van der Waals surface area contributed by atoms with Crippen LogP contribution in [0.5, 0.6) is 0 Å². The van der Waals surface area contributed by atoms with E-state index in [-0.39, 0.29) is 17.8 Å². The van der Waals surface area contributed by atoms with Crippen LogP contribution in [-0.4, -0.2) is 22.4 Å². The molecule has 1 aromatic carbocycles. The van der Waals surface area contributed by atoms with Gasteiger partial charge in [-0.25, -0.2) is 0 Å². The summed E-state index contributed by atoms with van der Waals surface area (Å²) in [5, 5.41) is 22.2. The van der Waals surface area contributed by atoms with E-state index in [0.717, 1.165) is 4.57 Å². The quantitative estimate of drug-likeness (QED) is 0.668. The van der Waals surface area contributed by atoms with Crippen LogP contribution in [0, 0.1) is 21.4 Å². The van der Waals surface area contributed by atoms with Gasteiger partial charge in [-0.1, -0.05) is 12.1 Å². The molecule has 23 heavy (non-hydrogen) atoms. The van der Waals surface area contributed by atoms with Crippen LogP contribution in [0.2, 0.25) is 0 Å². The average molecular weight is 312 g/mol. The van der Waals surface area contributed by atoms with Crippen LogP contribution in [-0.2, 0) is 11.3 Å². The number of likely N-dealkylation sites (N-methyl/N-ethyl adjacent to an activating group) is 1. The highest BCUT2D eigenvalue weighted by molar-refractivity contribution is 5.76. The lowest BCUT2D eigenvalue weighted by Gasteiger charge is -2.12. The molecule has 8 heteroatoms. The minimum Gasteiger partial charge on any atom is -0.358 e. The number of benzene rings is 1. The molecule has 116 valence electrons. The summed E-state index contributed by atoms with van der Waals surface area (Å²) in [6.45, 7) is -0.289. The SMILES string of the molecule is CNC(=O)Cn1c(-c2cccc([N+](=O)[O-])c2)ccc(C#N)c1=O. The Balaban J connectivity index is 2.67. The van der Waals surface area contributed by atoms with Crippen molar-refractivity contribution >= 4 is 11.6 Å². The van der Waals surface area contributed by atoms with Crippen LogP contribution in [0.4, 0.5) is 5.69 Å². The molecule has 0 unspecified atom stereocenters. The standard InChI is InChI=1S/C15H12N4O4/c1-17-14(20)9-18-13(6-5-11(8-16)15(18)21)10-3-2-4-12(7-10)19(22)23/h2-7H,9H2,1H3,(H,17,20). The largest absolute Gasteiger partial charge is 0.358 e. The first-order valence-electron chi connectivity index (χ1n) is 6.57. The number of nitro groups is 1. The molecule has 0 aliphatic rings. The van der Waals surface area contributed by atoms with Gasteiger partial charge in [0.15, 0.2) is 0 Å². The zero-order valence-corrected chi connectivity index (χ0v) is 12.1. The summed E-state index contributed by atoms with van der Waals surface area (Å²) in [6.07, 6.45) is 0. The molecule has 0 fully saturated rings. The molecule has 1 aromatic heterocycles. The first-order valence-corrected chi connectivity index (χ1v) is 6.57. The van der Waals surface area contributed by atoms with Crippen molar-refractivity contribution in [2.24, 2.45) is 0 Å². The molecule has 1 amide bonds. The van der Waals surface area contributed by atoms with Gasteiger partial charge in [0.2, 0.25) is 5.91 Å². The first kappa shape index (κ1) is 15.9. The second kappa shape index (κ2) is 6.53. The molecule has 2 rings (SSSR count). The molecule has 8 nitrogen and oxygen atoms in total. The number of nitrogens with zero attached hydrogens (tertiary/aromatic N) is 3. The van der Waals surface area contributed by atoms with Gasteiger partial charge < -0.3 is 5.32 Å². The van der Waals surface area contributed by atoms with Crippen molar-refractivity contribution in [2.45, 2.75) is 6.54 Å². The number of pyridine rings is 1. The molecule has 1 N–H and O–H groups in total. The van der Waals surface area contributed by atoms with Crippen molar-refractivity contribution in [3.8, 4) is 17.3 Å². The Bertz CT molecular complexity index is 880. The molecular formula is C15H12N4O4. The topological polar surface area (TPSA) is 118 Å². The van der Waals surface area contributed by atoms with Gasteiger partial charge in [0.1, 0.15) is 18.2 Å². The smallest absolute Gasteiger partial charge is 0.270 e. The Hall–Kier alpha value is -3.47. The molecule has 0 aliphatic carbocycles. The first-order chi connectivity index (χ1) is 11.0. The minimum atomic E-state index is -0.625. The zero-order chi connectivity index (χ0) is 17.0. The number of nitriles is 1. The van der Waals surface area contributed by atoms with Gasteiger partial charge in [0.25, 0.3) is 11.2 Å². The Morgan fingerprint density at radius 2 is 2.13 bits per heavy atom. The molecule has 0 saturated heterocycles. The third kappa shape index (κ3) is 3.24. The number of nitrogens with one attached hydrogen (secondary N) is 1. The Morgan fingerprint density at radius 3 is 2.74 bits per heavy atom. The van der Waals surface area contributed by atoms with E-state index in [9.17, 15) is 19.7 Å². The van der Waals surface area contributed by atoms with Crippen molar-refractivity contribution in [1.82, 2.24) is 9.88 Å². The fraction of sp³-hybridized carbons (Fsp3) is 0.133. The van der Waals surface area contributed by atoms with Crippen LogP contribution in [0.15, 0.2) is 41.2 Å². The summed E-state index contributed by atoms with van der Waals surface area (Å²) in [5.41, 5.74) is -0.139. The number of amides is 1. The van der Waals surface area contributed by atoms with Crippen LogP contribution < -0.4 is 10.9 Å². The van der Waals surface area contributed by atoms with Gasteiger partial charge in [0, 0.05) is 24.7 Å². The summed E-state index contributed by atoms with van der Waals surface area (Å²) >= 11 is 0. The number of aromatic nitrogens is 1. The summed E-state index contributed by atoms with van der Waals surface area (Å²) < 4.78 is 1.12. The number of rotatable bonds is 4. The van der Waals surface area contributed by atoms with Crippen molar-refractivity contribution < 1.29 is 9.72 Å². The second-order valence-electron chi connectivity index (χ2n) is 4.62. The van der Waals surface area contributed by atoms with Crippen molar-refractivity contribution in [3.63, 3.8) is 0 Å². The average Bonchev–Trinajstić information content (AvgIpc) is 2.56. The number of hydrogen-bond donors (Lipinski definition) is 1. The Morgan fingerprint density at radius 1 is 1.39 bits per heavy atom. The van der Waals surface area contributed by atoms with Crippen LogP contribution in [0.3, 0.4) is 0 Å². The number of nitro benzene ring substituents is 1. The number of carbonyl (C=O) groups excluding carboxylic acids is 1. The van der Waals surface area contributed by atoms with Crippen molar-refractivity contribution in [2.75, 3.05) is 7.05 Å². The third-order valence-electron chi connectivity index (χ3n) is 3.23. The van der Waals surface area contributed by atoms with Gasteiger partial charge >= 0.3 is 0 Å². The lowest BCUT2D eigenvalue weighted by molar-refractivity contribution is -0.384. The van der Waals surface area contributed by atoms with Gasteiger partial charge in [-0.15, -0.1) is 0 Å². The predicted molar refractivity (Wildman–Crippen MR) is 81.6 cm³/mol. The maximum Gasteiger partial charge on any atom is 0.270 e. The lowest BCUT2D eigenvalue weighted by atomic mass is 10.1. The predicted octanol–water partition coefficient (Wildman–Crippen LogP) is 1.04. The highest BCUT2D eigenvalue weighted by Crippen LogP contribution is 2.23. The van der Waals surface area contributed by atoms with E-state index >= 15 is 0 Å². The van der Waals surface area contributed by atoms with Gasteiger partial charge in [-0.3, -0.25) is 24.3 Å². The van der Waals surface area contributed by atoms with E-state index in [1.807, 2.05) is 0 Å². The normalized spacial score (nSPS) is 9.91. The van der Waals surface area contributed by atoms with Gasteiger partial charge in [-0.2, -0.15) is 5.26 Å². The fourth-order valence-corrected chi connectivity index (χ4v) is 2.07. The lowest BCUT2D eigenvalue weighted by Crippen LogP contribution is -2.32. The van der Waals surface area contributed by atoms with E-state index in [1.165, 1.54) is 37.4 Å². The van der Waals surface area contributed by atoms with E-state index in [0.29, 0.717) is 11.3 Å². The monoisotopic (exact) mass is 312 g/mol. The summed E-state index contributed by atoms with van der Waals surface area (Å²) in [5.74, 6) is -0.422. The molecule has 0 atom stereocenters. The second-order valence-corrected chi connectivity index (χ2v) is 4.62. The maximum atomic E-state index is 12.3. The molecule has 0 saturated carbocycles. The van der Waals surface area contributed by atoms with Crippen LogP contribution in [0.25, 0.3) is 11.3 Å². The van der Waals surface area contributed by atoms with E-state index in [2.05, 4.69) is 5.32 Å². The minimum absolute atomic E-state index is 0.108. The Kier molecular flexibility index (Phi) is 4.52. The summed E-state index contributed by atoms with van der Waals surface area (Å²) in [4.78, 5) is 34.3. The molecule has 0 spiro atoms. The van der Waals surface area contributed by atoms with E-state index in [1.54, 1.807) is 12.1 Å². The zero-order valence-electron chi connectivity index (χ0n) is 12.1. The number of non-ortho nitro benzene ring substituents is 1. The highest BCUT2D eigenvalue weighted by Gasteiger charge is 2.15. The van der Waals surface area contributed by atoms with Crippen molar-refractivity contribution in [1.29, 1.82) is 5.26 Å². The molecule has 2 aromatic rings. The maximum absolute atomic E-state index is 12.3.